The summed E-state index contributed by atoms with van der Waals surface area (Å²) in [6, 6.07) is 21.4. The van der Waals surface area contributed by atoms with Gasteiger partial charge in [-0.3, -0.25) is 14.5 Å². The zero-order valence-electron chi connectivity index (χ0n) is 23.0. The minimum Gasteiger partial charge on any atom is -0.465 e. The number of fused-ring (bicyclic) bond motifs is 1. The van der Waals surface area contributed by atoms with Crippen molar-refractivity contribution in [1.82, 2.24) is 9.88 Å². The first-order valence-corrected chi connectivity index (χ1v) is 14.0. The number of nitrogens with one attached hydrogen (secondary N) is 2. The first-order valence-electron chi connectivity index (χ1n) is 13.1. The second-order valence-corrected chi connectivity index (χ2v) is 10.6. The van der Waals surface area contributed by atoms with Gasteiger partial charge in [-0.2, -0.15) is 0 Å². The summed E-state index contributed by atoms with van der Waals surface area (Å²) in [5.41, 5.74) is 3.15. The van der Waals surface area contributed by atoms with Crippen LogP contribution in [-0.4, -0.2) is 64.8 Å². The van der Waals surface area contributed by atoms with E-state index in [0.717, 1.165) is 16.5 Å². The van der Waals surface area contributed by atoms with Crippen molar-refractivity contribution in [2.24, 2.45) is 4.99 Å². The van der Waals surface area contributed by atoms with E-state index in [-0.39, 0.29) is 29.1 Å². The standard InChI is InChI=1S/C31H28N4O6S/c1-40-29(38)20-14-21(30(39)41-2)16-23(15-20)33-27(36)17-26-28(37)35(31(42-26)34-22-8-4-3-5-9-22)13-12-19-18-32-25-11-7-6-10-24(19)25/h3-11,14-16,18,26,32H,12-13,17H2,1-2H3,(H,33,36)/t26-/m0/s1. The number of aliphatic imine (C=N–C) groups is 1. The minimum absolute atomic E-state index is 0.0720. The average Bonchev–Trinajstić information content (AvgIpc) is 3.55. The van der Waals surface area contributed by atoms with Gasteiger partial charge in [0.15, 0.2) is 5.17 Å². The molecule has 2 N–H and O–H groups in total. The lowest BCUT2D eigenvalue weighted by atomic mass is 10.1. The van der Waals surface area contributed by atoms with Gasteiger partial charge in [-0.05, 0) is 48.4 Å². The van der Waals surface area contributed by atoms with Gasteiger partial charge in [-0.15, -0.1) is 0 Å². The molecule has 1 aliphatic heterocycles. The number of carbonyl (C=O) groups is 4. The number of para-hydroxylation sites is 2. The number of benzene rings is 3. The van der Waals surface area contributed by atoms with Crippen LogP contribution in [0.4, 0.5) is 11.4 Å². The minimum atomic E-state index is -0.709. The molecule has 42 heavy (non-hydrogen) atoms. The Morgan fingerprint density at radius 2 is 1.62 bits per heavy atom. The lowest BCUT2D eigenvalue weighted by Gasteiger charge is -2.16. The molecular formula is C31H28N4O6S. The number of hydrogen-bond donors (Lipinski definition) is 2. The molecule has 4 aromatic rings. The summed E-state index contributed by atoms with van der Waals surface area (Å²) in [7, 11) is 2.43. The van der Waals surface area contributed by atoms with Crippen LogP contribution in [0.15, 0.2) is 84.0 Å². The zero-order valence-corrected chi connectivity index (χ0v) is 23.8. The van der Waals surface area contributed by atoms with Crippen molar-refractivity contribution < 1.29 is 28.7 Å². The zero-order chi connectivity index (χ0) is 29.6. The highest BCUT2D eigenvalue weighted by Crippen LogP contribution is 2.32. The van der Waals surface area contributed by atoms with Crippen LogP contribution in [0.5, 0.6) is 0 Å². The molecule has 3 aromatic carbocycles. The number of H-pyrrole nitrogens is 1. The molecule has 0 unspecified atom stereocenters. The van der Waals surface area contributed by atoms with Crippen molar-refractivity contribution in [2.45, 2.75) is 18.1 Å². The highest BCUT2D eigenvalue weighted by molar-refractivity contribution is 8.15. The lowest BCUT2D eigenvalue weighted by Crippen LogP contribution is -2.35. The molecule has 1 aliphatic rings. The van der Waals surface area contributed by atoms with Crippen molar-refractivity contribution in [3.8, 4) is 0 Å². The van der Waals surface area contributed by atoms with E-state index < -0.39 is 23.1 Å². The molecule has 214 valence electrons. The summed E-state index contributed by atoms with van der Waals surface area (Å²) in [5, 5.41) is 3.60. The van der Waals surface area contributed by atoms with Gasteiger partial charge in [0.25, 0.3) is 0 Å². The maximum atomic E-state index is 13.6. The first kappa shape index (κ1) is 28.6. The van der Waals surface area contributed by atoms with E-state index in [1.54, 1.807) is 4.90 Å². The Labute approximate surface area is 246 Å². The molecule has 2 amide bonds. The van der Waals surface area contributed by atoms with Gasteiger partial charge < -0.3 is 19.8 Å². The predicted octanol–water partition coefficient (Wildman–Crippen LogP) is 4.94. The van der Waals surface area contributed by atoms with E-state index in [9.17, 15) is 19.2 Å². The fraction of sp³-hybridized carbons (Fsp3) is 0.194. The quantitative estimate of drug-likeness (QED) is 0.267. The third kappa shape index (κ3) is 6.36. The average molecular weight is 585 g/mol. The number of carbonyl (C=O) groups excluding carboxylic acids is 4. The molecule has 0 radical (unpaired) electrons. The largest absolute Gasteiger partial charge is 0.465 e. The van der Waals surface area contributed by atoms with Gasteiger partial charge in [0, 0.05) is 35.8 Å². The summed E-state index contributed by atoms with van der Waals surface area (Å²) < 4.78 is 9.52. The molecule has 2 heterocycles. The summed E-state index contributed by atoms with van der Waals surface area (Å²) in [6.45, 7) is 0.390. The number of hydrogen-bond acceptors (Lipinski definition) is 8. The molecule has 0 saturated carbocycles. The fourth-order valence-corrected chi connectivity index (χ4v) is 5.85. The number of ether oxygens (including phenoxy) is 2. The van der Waals surface area contributed by atoms with Crippen molar-refractivity contribution in [3.63, 3.8) is 0 Å². The lowest BCUT2D eigenvalue weighted by molar-refractivity contribution is -0.128. The Hall–Kier alpha value is -4.90. The number of amidine groups is 1. The number of aromatic amines is 1. The van der Waals surface area contributed by atoms with Gasteiger partial charge in [-0.25, -0.2) is 14.6 Å². The SMILES string of the molecule is COC(=O)c1cc(NC(=O)C[C@@H]2SC(=Nc3ccccc3)N(CCc3c[nH]c4ccccc34)C2=O)cc(C(=O)OC)c1. The van der Waals surface area contributed by atoms with Gasteiger partial charge in [0.1, 0.15) is 5.25 Å². The Morgan fingerprint density at radius 3 is 2.31 bits per heavy atom. The van der Waals surface area contributed by atoms with Gasteiger partial charge in [-0.1, -0.05) is 48.2 Å². The van der Waals surface area contributed by atoms with Crippen LogP contribution in [-0.2, 0) is 25.5 Å². The molecule has 5 rings (SSSR count). The molecule has 0 aliphatic carbocycles. The summed E-state index contributed by atoms with van der Waals surface area (Å²) in [5.74, 6) is -2.03. The van der Waals surface area contributed by atoms with Gasteiger partial charge in [0.2, 0.25) is 11.8 Å². The Kier molecular flexibility index (Phi) is 8.68. The van der Waals surface area contributed by atoms with Crippen LogP contribution in [0.3, 0.4) is 0 Å². The Morgan fingerprint density at radius 1 is 0.952 bits per heavy atom. The highest BCUT2D eigenvalue weighted by atomic mass is 32.2. The molecular weight excluding hydrogens is 556 g/mol. The van der Waals surface area contributed by atoms with Crippen LogP contribution >= 0.6 is 11.8 Å². The first-order chi connectivity index (χ1) is 20.4. The molecule has 1 saturated heterocycles. The van der Waals surface area contributed by atoms with Crippen LogP contribution in [0.1, 0.15) is 32.7 Å². The summed E-state index contributed by atoms with van der Waals surface area (Å²) >= 11 is 1.23. The molecule has 10 nitrogen and oxygen atoms in total. The molecule has 11 heteroatoms. The van der Waals surface area contributed by atoms with E-state index in [1.165, 1.54) is 44.2 Å². The summed E-state index contributed by atoms with van der Waals surface area (Å²) in [4.78, 5) is 60.6. The number of esters is 2. The number of thioether (sulfide) groups is 1. The molecule has 0 spiro atoms. The smallest absolute Gasteiger partial charge is 0.337 e. The van der Waals surface area contributed by atoms with E-state index in [4.69, 9.17) is 14.5 Å². The number of amides is 2. The Bertz CT molecular complexity index is 1650. The van der Waals surface area contributed by atoms with E-state index >= 15 is 0 Å². The fourth-order valence-electron chi connectivity index (χ4n) is 4.67. The van der Waals surface area contributed by atoms with Crippen molar-refractivity contribution in [3.05, 3.63) is 95.7 Å². The number of anilines is 1. The number of rotatable bonds is 9. The Balaban J connectivity index is 1.34. The number of aromatic nitrogens is 1. The highest BCUT2D eigenvalue weighted by Gasteiger charge is 2.39. The second kappa shape index (κ2) is 12.7. The van der Waals surface area contributed by atoms with E-state index in [1.807, 2.05) is 60.8 Å². The number of methoxy groups -OCH3 is 2. The third-order valence-electron chi connectivity index (χ3n) is 6.71. The second-order valence-electron chi connectivity index (χ2n) is 9.47. The maximum Gasteiger partial charge on any atom is 0.337 e. The van der Waals surface area contributed by atoms with Crippen LogP contribution in [0, 0.1) is 0 Å². The van der Waals surface area contributed by atoms with Gasteiger partial charge in [0.05, 0.1) is 31.0 Å². The van der Waals surface area contributed by atoms with Gasteiger partial charge >= 0.3 is 11.9 Å². The third-order valence-corrected chi connectivity index (χ3v) is 7.89. The molecule has 1 fully saturated rings. The van der Waals surface area contributed by atoms with Crippen LogP contribution in [0.25, 0.3) is 10.9 Å². The summed E-state index contributed by atoms with van der Waals surface area (Å²) in [6.07, 6.45) is 2.40. The van der Waals surface area contributed by atoms with Crippen molar-refractivity contribution >= 4 is 63.0 Å². The molecule has 1 aromatic heterocycles. The normalized spacial score (nSPS) is 15.7. The number of nitrogens with zero attached hydrogens (tertiary/aromatic N) is 2. The van der Waals surface area contributed by atoms with E-state index in [2.05, 4.69) is 10.3 Å². The molecule has 1 atom stereocenters. The topological polar surface area (TPSA) is 130 Å². The maximum absolute atomic E-state index is 13.6. The van der Waals surface area contributed by atoms with Crippen LogP contribution < -0.4 is 5.32 Å². The van der Waals surface area contributed by atoms with E-state index in [0.29, 0.717) is 23.8 Å². The van der Waals surface area contributed by atoms with Crippen molar-refractivity contribution in [2.75, 3.05) is 26.1 Å². The predicted molar refractivity (Wildman–Crippen MR) is 161 cm³/mol. The monoisotopic (exact) mass is 584 g/mol. The van der Waals surface area contributed by atoms with Crippen molar-refractivity contribution in [1.29, 1.82) is 0 Å². The molecule has 0 bridgehead atoms. The van der Waals surface area contributed by atoms with Crippen LogP contribution in [0.2, 0.25) is 0 Å².